The van der Waals surface area contributed by atoms with E-state index in [1.54, 1.807) is 42.6 Å². The highest BCUT2D eigenvalue weighted by Gasteiger charge is 2.20. The Kier molecular flexibility index (Phi) is 6.35. The summed E-state index contributed by atoms with van der Waals surface area (Å²) in [5, 5.41) is 2.67. The summed E-state index contributed by atoms with van der Waals surface area (Å²) in [5.41, 5.74) is 1.10. The standard InChI is InChI=1S/C17H21N3O4S/c1-3-24-16-9-7-15(8-10-16)20(25(2,22)23)13-17(21)19-12-14-6-4-5-11-18-14/h4-11H,3,12-13H2,1-2H3,(H,19,21). The fourth-order valence-electron chi connectivity index (χ4n) is 2.15. The van der Waals surface area contributed by atoms with Gasteiger partial charge in [-0.3, -0.25) is 14.1 Å². The average molecular weight is 363 g/mol. The predicted octanol–water partition coefficient (Wildman–Crippen LogP) is 1.56. The number of pyridine rings is 1. The third-order valence-electron chi connectivity index (χ3n) is 3.32. The second kappa shape index (κ2) is 8.48. The smallest absolute Gasteiger partial charge is 0.241 e. The van der Waals surface area contributed by atoms with Crippen molar-refractivity contribution in [3.63, 3.8) is 0 Å². The molecule has 1 N–H and O–H groups in total. The molecule has 1 aromatic heterocycles. The van der Waals surface area contributed by atoms with Gasteiger partial charge in [-0.2, -0.15) is 0 Å². The first-order valence-corrected chi connectivity index (χ1v) is 9.62. The van der Waals surface area contributed by atoms with Crippen molar-refractivity contribution in [2.24, 2.45) is 0 Å². The van der Waals surface area contributed by atoms with E-state index < -0.39 is 15.9 Å². The van der Waals surface area contributed by atoms with Crippen LogP contribution < -0.4 is 14.4 Å². The number of rotatable bonds is 8. The fourth-order valence-corrected chi connectivity index (χ4v) is 3.01. The van der Waals surface area contributed by atoms with E-state index >= 15 is 0 Å². The maximum atomic E-state index is 12.1. The highest BCUT2D eigenvalue weighted by molar-refractivity contribution is 7.92. The average Bonchev–Trinajstić information content (AvgIpc) is 2.59. The van der Waals surface area contributed by atoms with E-state index in [2.05, 4.69) is 10.3 Å². The number of carbonyl (C=O) groups excluding carboxylic acids is 1. The lowest BCUT2D eigenvalue weighted by Gasteiger charge is -2.22. The van der Waals surface area contributed by atoms with Crippen molar-refractivity contribution in [1.29, 1.82) is 0 Å². The first kappa shape index (κ1) is 18.7. The van der Waals surface area contributed by atoms with Crippen molar-refractivity contribution < 1.29 is 17.9 Å². The van der Waals surface area contributed by atoms with Gasteiger partial charge in [-0.25, -0.2) is 8.42 Å². The van der Waals surface area contributed by atoms with Crippen LogP contribution in [0, 0.1) is 0 Å². The van der Waals surface area contributed by atoms with Crippen molar-refractivity contribution in [1.82, 2.24) is 10.3 Å². The van der Waals surface area contributed by atoms with E-state index in [-0.39, 0.29) is 13.1 Å². The summed E-state index contributed by atoms with van der Waals surface area (Å²) in [5.74, 6) is 0.226. The SMILES string of the molecule is CCOc1ccc(N(CC(=O)NCc2ccccn2)S(C)(=O)=O)cc1. The molecule has 0 atom stereocenters. The van der Waals surface area contributed by atoms with Crippen LogP contribution in [-0.2, 0) is 21.4 Å². The monoisotopic (exact) mass is 363 g/mol. The molecule has 0 fully saturated rings. The summed E-state index contributed by atoms with van der Waals surface area (Å²) in [7, 11) is -3.61. The van der Waals surface area contributed by atoms with Crippen LogP contribution in [0.4, 0.5) is 5.69 Å². The molecule has 7 nitrogen and oxygen atoms in total. The number of benzene rings is 1. The highest BCUT2D eigenvalue weighted by Crippen LogP contribution is 2.21. The molecule has 0 bridgehead atoms. The molecule has 1 heterocycles. The van der Waals surface area contributed by atoms with Crippen molar-refractivity contribution >= 4 is 21.6 Å². The van der Waals surface area contributed by atoms with E-state index in [0.29, 0.717) is 23.7 Å². The Labute approximate surface area is 147 Å². The van der Waals surface area contributed by atoms with Crippen LogP contribution in [0.5, 0.6) is 5.75 Å². The second-order valence-corrected chi connectivity index (χ2v) is 7.20. The number of ether oxygens (including phenoxy) is 1. The van der Waals surface area contributed by atoms with Crippen LogP contribution in [0.3, 0.4) is 0 Å². The minimum Gasteiger partial charge on any atom is -0.494 e. The first-order chi connectivity index (χ1) is 11.9. The number of carbonyl (C=O) groups is 1. The second-order valence-electron chi connectivity index (χ2n) is 5.29. The summed E-state index contributed by atoms with van der Waals surface area (Å²) in [6, 6.07) is 11.9. The van der Waals surface area contributed by atoms with Gasteiger partial charge in [0.2, 0.25) is 15.9 Å². The number of anilines is 1. The van der Waals surface area contributed by atoms with Crippen LogP contribution in [0.2, 0.25) is 0 Å². The van der Waals surface area contributed by atoms with Gasteiger partial charge in [-0.1, -0.05) is 6.07 Å². The molecule has 2 aromatic rings. The maximum Gasteiger partial charge on any atom is 0.241 e. The molecule has 0 saturated heterocycles. The molecule has 0 saturated carbocycles. The Morgan fingerprint density at radius 1 is 1.20 bits per heavy atom. The highest BCUT2D eigenvalue weighted by atomic mass is 32.2. The number of amides is 1. The third kappa shape index (κ3) is 5.75. The minimum atomic E-state index is -3.61. The Balaban J connectivity index is 2.06. The topological polar surface area (TPSA) is 88.6 Å². The Hall–Kier alpha value is -2.61. The zero-order valence-corrected chi connectivity index (χ0v) is 15.0. The Morgan fingerprint density at radius 2 is 1.92 bits per heavy atom. The molecule has 2 rings (SSSR count). The van der Waals surface area contributed by atoms with Gasteiger partial charge in [0.25, 0.3) is 0 Å². The molecule has 0 radical (unpaired) electrons. The van der Waals surface area contributed by atoms with E-state index in [0.717, 1.165) is 10.6 Å². The number of hydrogen-bond donors (Lipinski definition) is 1. The Bertz CT molecular complexity index is 792. The molecular weight excluding hydrogens is 342 g/mol. The van der Waals surface area contributed by atoms with Gasteiger partial charge >= 0.3 is 0 Å². The number of nitrogens with zero attached hydrogens (tertiary/aromatic N) is 2. The van der Waals surface area contributed by atoms with E-state index in [1.807, 2.05) is 13.0 Å². The molecule has 25 heavy (non-hydrogen) atoms. The lowest BCUT2D eigenvalue weighted by Crippen LogP contribution is -2.40. The van der Waals surface area contributed by atoms with Gasteiger partial charge < -0.3 is 10.1 Å². The lowest BCUT2D eigenvalue weighted by molar-refractivity contribution is -0.119. The molecule has 0 aliphatic carbocycles. The normalized spacial score (nSPS) is 11.0. The molecule has 1 aromatic carbocycles. The maximum absolute atomic E-state index is 12.1. The molecule has 0 aliphatic rings. The third-order valence-corrected chi connectivity index (χ3v) is 4.46. The minimum absolute atomic E-state index is 0.237. The van der Waals surface area contributed by atoms with E-state index in [1.165, 1.54) is 0 Å². The van der Waals surface area contributed by atoms with Gasteiger partial charge in [-0.15, -0.1) is 0 Å². The summed E-state index contributed by atoms with van der Waals surface area (Å²) in [6.07, 6.45) is 2.69. The van der Waals surface area contributed by atoms with E-state index in [9.17, 15) is 13.2 Å². The number of sulfonamides is 1. The summed E-state index contributed by atoms with van der Waals surface area (Å²) >= 11 is 0. The molecule has 0 aliphatic heterocycles. The first-order valence-electron chi connectivity index (χ1n) is 7.77. The van der Waals surface area contributed by atoms with Gasteiger partial charge in [0, 0.05) is 6.20 Å². The van der Waals surface area contributed by atoms with Crippen molar-refractivity contribution in [3.8, 4) is 5.75 Å². The fraction of sp³-hybridized carbons (Fsp3) is 0.294. The molecule has 0 unspecified atom stereocenters. The zero-order valence-electron chi connectivity index (χ0n) is 14.2. The quantitative estimate of drug-likeness (QED) is 0.769. The number of aromatic nitrogens is 1. The lowest BCUT2D eigenvalue weighted by atomic mass is 10.3. The van der Waals surface area contributed by atoms with E-state index in [4.69, 9.17) is 4.74 Å². The van der Waals surface area contributed by atoms with Crippen LogP contribution in [0.1, 0.15) is 12.6 Å². The summed E-state index contributed by atoms with van der Waals surface area (Å²) in [4.78, 5) is 16.2. The molecular formula is C17H21N3O4S. The zero-order chi connectivity index (χ0) is 18.3. The molecule has 134 valence electrons. The van der Waals surface area contributed by atoms with Crippen LogP contribution in [-0.4, -0.2) is 38.7 Å². The molecule has 0 spiro atoms. The van der Waals surface area contributed by atoms with Crippen LogP contribution in [0.15, 0.2) is 48.7 Å². The van der Waals surface area contributed by atoms with Crippen LogP contribution >= 0.6 is 0 Å². The molecule has 1 amide bonds. The van der Waals surface area contributed by atoms with Gasteiger partial charge in [0.05, 0.1) is 30.8 Å². The van der Waals surface area contributed by atoms with Crippen molar-refractivity contribution in [2.75, 3.05) is 23.7 Å². The summed E-state index contributed by atoms with van der Waals surface area (Å²) in [6.45, 7) is 2.31. The number of nitrogens with one attached hydrogen (secondary N) is 1. The van der Waals surface area contributed by atoms with Gasteiger partial charge in [-0.05, 0) is 43.3 Å². The number of hydrogen-bond acceptors (Lipinski definition) is 5. The van der Waals surface area contributed by atoms with Crippen molar-refractivity contribution in [2.45, 2.75) is 13.5 Å². The molecule has 8 heteroatoms. The van der Waals surface area contributed by atoms with Gasteiger partial charge in [0.1, 0.15) is 12.3 Å². The van der Waals surface area contributed by atoms with Crippen LogP contribution in [0.25, 0.3) is 0 Å². The van der Waals surface area contributed by atoms with Crippen molar-refractivity contribution in [3.05, 3.63) is 54.4 Å². The summed E-state index contributed by atoms with van der Waals surface area (Å²) < 4.78 is 30.5. The predicted molar refractivity (Wildman–Crippen MR) is 95.9 cm³/mol. The van der Waals surface area contributed by atoms with Gasteiger partial charge in [0.15, 0.2) is 0 Å². The Morgan fingerprint density at radius 3 is 2.48 bits per heavy atom. The largest absolute Gasteiger partial charge is 0.494 e.